The van der Waals surface area contributed by atoms with Crippen molar-refractivity contribution in [2.24, 2.45) is 0 Å². The van der Waals surface area contributed by atoms with E-state index >= 15 is 0 Å². The highest BCUT2D eigenvalue weighted by atomic mass is 35.5. The maximum Gasteiger partial charge on any atom is 0.214 e. The van der Waals surface area contributed by atoms with Crippen LogP contribution in [0, 0.1) is 0 Å². The zero-order valence-corrected chi connectivity index (χ0v) is 12.0. The van der Waals surface area contributed by atoms with Crippen molar-refractivity contribution in [1.29, 1.82) is 0 Å². The van der Waals surface area contributed by atoms with Crippen LogP contribution >= 0.6 is 11.6 Å². The van der Waals surface area contributed by atoms with Gasteiger partial charge in [0.1, 0.15) is 0 Å². The molecule has 1 aromatic carbocycles. The molecule has 1 atom stereocenters. The van der Waals surface area contributed by atoms with Crippen LogP contribution in [-0.4, -0.2) is 25.0 Å². The van der Waals surface area contributed by atoms with E-state index in [1.54, 1.807) is 4.31 Å². The molecule has 0 amide bonds. The first-order valence-corrected chi connectivity index (χ1v) is 8.28. The van der Waals surface area contributed by atoms with E-state index in [0.717, 1.165) is 18.4 Å². The molecule has 0 N–H and O–H groups in total. The van der Waals surface area contributed by atoms with Crippen molar-refractivity contribution >= 4 is 21.6 Å². The number of rotatable bonds is 4. The molecular weight excluding hydrogens is 270 g/mol. The van der Waals surface area contributed by atoms with Crippen molar-refractivity contribution in [2.45, 2.75) is 32.2 Å². The van der Waals surface area contributed by atoms with E-state index < -0.39 is 10.0 Å². The fraction of sp³-hybridized carbons (Fsp3) is 0.538. The third-order valence-corrected chi connectivity index (χ3v) is 5.61. The number of nitrogens with zero attached hydrogens (tertiary/aromatic N) is 1. The Morgan fingerprint density at radius 3 is 2.61 bits per heavy atom. The van der Waals surface area contributed by atoms with Gasteiger partial charge in [0.15, 0.2) is 0 Å². The van der Waals surface area contributed by atoms with E-state index in [1.807, 2.05) is 31.2 Å². The van der Waals surface area contributed by atoms with Crippen LogP contribution < -0.4 is 0 Å². The fourth-order valence-corrected chi connectivity index (χ4v) is 4.36. The Hall–Kier alpha value is -0.580. The number of benzene rings is 1. The predicted octanol–water partition coefficient (Wildman–Crippen LogP) is 3.22. The van der Waals surface area contributed by atoms with Gasteiger partial charge in [-0.05, 0) is 37.0 Å². The molecule has 1 unspecified atom stereocenters. The van der Waals surface area contributed by atoms with E-state index in [9.17, 15) is 8.42 Å². The van der Waals surface area contributed by atoms with E-state index in [2.05, 4.69) is 0 Å². The van der Waals surface area contributed by atoms with Gasteiger partial charge in [0.25, 0.3) is 0 Å². The molecule has 1 aliphatic rings. The van der Waals surface area contributed by atoms with E-state index in [0.29, 0.717) is 18.0 Å². The molecule has 0 saturated carbocycles. The zero-order valence-electron chi connectivity index (χ0n) is 10.5. The molecular formula is C13H18ClNO2S. The Labute approximate surface area is 114 Å². The third kappa shape index (κ3) is 2.87. The summed E-state index contributed by atoms with van der Waals surface area (Å²) >= 11 is 5.86. The molecule has 100 valence electrons. The van der Waals surface area contributed by atoms with Gasteiger partial charge in [-0.25, -0.2) is 8.42 Å². The Balaban J connectivity index is 2.25. The van der Waals surface area contributed by atoms with Crippen LogP contribution in [0.4, 0.5) is 0 Å². The van der Waals surface area contributed by atoms with Crippen LogP contribution in [0.5, 0.6) is 0 Å². The van der Waals surface area contributed by atoms with Crippen LogP contribution in [0.3, 0.4) is 0 Å². The van der Waals surface area contributed by atoms with Gasteiger partial charge in [-0.3, -0.25) is 0 Å². The predicted molar refractivity (Wildman–Crippen MR) is 74.2 cm³/mol. The van der Waals surface area contributed by atoms with Gasteiger partial charge in [0.2, 0.25) is 10.0 Å². The monoisotopic (exact) mass is 287 g/mol. The van der Waals surface area contributed by atoms with Crippen molar-refractivity contribution in [1.82, 2.24) is 4.31 Å². The van der Waals surface area contributed by atoms with E-state index in [-0.39, 0.29) is 11.8 Å². The first-order chi connectivity index (χ1) is 8.54. The highest BCUT2D eigenvalue weighted by Crippen LogP contribution is 2.34. The maximum atomic E-state index is 12.2. The van der Waals surface area contributed by atoms with Crippen LogP contribution in [0.2, 0.25) is 5.02 Å². The van der Waals surface area contributed by atoms with Gasteiger partial charge in [0.05, 0.1) is 5.75 Å². The van der Waals surface area contributed by atoms with Gasteiger partial charge in [-0.1, -0.05) is 30.7 Å². The second kappa shape index (κ2) is 5.59. The van der Waals surface area contributed by atoms with Gasteiger partial charge in [-0.2, -0.15) is 4.31 Å². The molecule has 1 heterocycles. The molecule has 0 aliphatic carbocycles. The molecule has 2 rings (SSSR count). The van der Waals surface area contributed by atoms with Gasteiger partial charge < -0.3 is 0 Å². The average Bonchev–Trinajstić information content (AvgIpc) is 2.79. The van der Waals surface area contributed by atoms with Crippen molar-refractivity contribution in [2.75, 3.05) is 12.3 Å². The van der Waals surface area contributed by atoms with Crippen molar-refractivity contribution in [3.8, 4) is 0 Å². The number of hydrogen-bond donors (Lipinski definition) is 0. The second-order valence-corrected chi connectivity index (χ2v) is 7.11. The highest BCUT2D eigenvalue weighted by molar-refractivity contribution is 7.89. The third-order valence-electron chi connectivity index (χ3n) is 3.28. The summed E-state index contributed by atoms with van der Waals surface area (Å²) < 4.78 is 26.0. The maximum absolute atomic E-state index is 12.2. The molecule has 0 radical (unpaired) electrons. The summed E-state index contributed by atoms with van der Waals surface area (Å²) in [6.45, 7) is 2.53. The van der Waals surface area contributed by atoms with Gasteiger partial charge >= 0.3 is 0 Å². The molecule has 1 fully saturated rings. The highest BCUT2D eigenvalue weighted by Gasteiger charge is 2.34. The minimum atomic E-state index is -3.12. The topological polar surface area (TPSA) is 37.4 Å². The Kier molecular flexibility index (Phi) is 4.30. The quantitative estimate of drug-likeness (QED) is 0.853. The first-order valence-electron chi connectivity index (χ1n) is 6.29. The summed E-state index contributed by atoms with van der Waals surface area (Å²) in [7, 11) is -3.12. The lowest BCUT2D eigenvalue weighted by molar-refractivity contribution is 0.396. The fourth-order valence-electron chi connectivity index (χ4n) is 2.47. The molecule has 1 aromatic rings. The zero-order chi connectivity index (χ0) is 13.2. The largest absolute Gasteiger partial charge is 0.214 e. The molecule has 1 saturated heterocycles. The Morgan fingerprint density at radius 1 is 1.33 bits per heavy atom. The molecule has 0 aromatic heterocycles. The van der Waals surface area contributed by atoms with Gasteiger partial charge in [0, 0.05) is 17.6 Å². The molecule has 18 heavy (non-hydrogen) atoms. The van der Waals surface area contributed by atoms with Crippen LogP contribution in [0.1, 0.15) is 37.8 Å². The Bertz CT molecular complexity index is 498. The first kappa shape index (κ1) is 13.8. The lowest BCUT2D eigenvalue weighted by atomic mass is 10.1. The lowest BCUT2D eigenvalue weighted by Crippen LogP contribution is -2.32. The Morgan fingerprint density at radius 2 is 2.00 bits per heavy atom. The van der Waals surface area contributed by atoms with Crippen molar-refractivity contribution in [3.63, 3.8) is 0 Å². The molecule has 1 aliphatic heterocycles. The normalized spacial score (nSPS) is 21.3. The van der Waals surface area contributed by atoms with Gasteiger partial charge in [-0.15, -0.1) is 0 Å². The van der Waals surface area contributed by atoms with Crippen LogP contribution in [0.15, 0.2) is 24.3 Å². The lowest BCUT2D eigenvalue weighted by Gasteiger charge is -2.24. The summed E-state index contributed by atoms with van der Waals surface area (Å²) in [5.74, 6) is 0.233. The smallest absolute Gasteiger partial charge is 0.212 e. The number of halogens is 1. The summed E-state index contributed by atoms with van der Waals surface area (Å²) in [4.78, 5) is 0. The van der Waals surface area contributed by atoms with Crippen molar-refractivity contribution < 1.29 is 8.42 Å². The molecule has 0 bridgehead atoms. The van der Waals surface area contributed by atoms with Crippen LogP contribution in [0.25, 0.3) is 0 Å². The molecule has 0 spiro atoms. The minimum absolute atomic E-state index is 0.0150. The summed E-state index contributed by atoms with van der Waals surface area (Å²) in [6, 6.07) is 7.47. The molecule has 5 heteroatoms. The standard InChI is InChI=1S/C13H18ClNO2S/c1-2-10-18(16,17)15-9-3-4-13(15)11-5-7-12(14)8-6-11/h5-8,13H,2-4,9-10H2,1H3. The summed E-state index contributed by atoms with van der Waals surface area (Å²) in [5.41, 5.74) is 1.04. The number of hydrogen-bond acceptors (Lipinski definition) is 2. The second-order valence-electron chi connectivity index (χ2n) is 4.64. The average molecular weight is 288 g/mol. The molecule has 3 nitrogen and oxygen atoms in total. The SMILES string of the molecule is CCCS(=O)(=O)N1CCCC1c1ccc(Cl)cc1. The number of sulfonamides is 1. The van der Waals surface area contributed by atoms with Crippen LogP contribution in [-0.2, 0) is 10.0 Å². The van der Waals surface area contributed by atoms with E-state index in [1.165, 1.54) is 0 Å². The summed E-state index contributed by atoms with van der Waals surface area (Å²) in [5, 5.41) is 0.680. The van der Waals surface area contributed by atoms with E-state index in [4.69, 9.17) is 11.6 Å². The van der Waals surface area contributed by atoms with Crippen molar-refractivity contribution in [3.05, 3.63) is 34.9 Å². The summed E-state index contributed by atoms with van der Waals surface area (Å²) in [6.07, 6.45) is 2.48. The minimum Gasteiger partial charge on any atom is -0.212 e.